The summed E-state index contributed by atoms with van der Waals surface area (Å²) in [5, 5.41) is 22.1. The minimum Gasteiger partial charge on any atom is -0.506 e. The summed E-state index contributed by atoms with van der Waals surface area (Å²) in [7, 11) is -3.53. The Morgan fingerprint density at radius 3 is 2.28 bits per heavy atom. The summed E-state index contributed by atoms with van der Waals surface area (Å²) in [6.07, 6.45) is -3.61. The fourth-order valence-electron chi connectivity index (χ4n) is 4.89. The number of rotatable bonds is 7. The van der Waals surface area contributed by atoms with Gasteiger partial charge in [-0.2, -0.15) is 13.2 Å². The van der Waals surface area contributed by atoms with Crippen LogP contribution in [0.1, 0.15) is 27.5 Å². The third kappa shape index (κ3) is 5.70. The lowest BCUT2D eigenvalue weighted by molar-refractivity contribution is -0.138. The van der Waals surface area contributed by atoms with Gasteiger partial charge in [0.2, 0.25) is 10.0 Å². The minimum atomic E-state index is -4.60. The first-order chi connectivity index (χ1) is 20.2. The number of hydrogen-bond acceptors (Lipinski definition) is 7. The van der Waals surface area contributed by atoms with Gasteiger partial charge in [-0.3, -0.25) is 23.7 Å². The molecule has 15 heteroatoms. The van der Waals surface area contributed by atoms with Crippen LogP contribution in [0.4, 0.5) is 18.9 Å². The van der Waals surface area contributed by atoms with Gasteiger partial charge in [-0.1, -0.05) is 24.3 Å². The van der Waals surface area contributed by atoms with Crippen molar-refractivity contribution >= 4 is 38.5 Å². The van der Waals surface area contributed by atoms with E-state index in [-0.39, 0.29) is 34.5 Å². The van der Waals surface area contributed by atoms with Crippen LogP contribution in [0.25, 0.3) is 22.0 Å². The molecule has 1 unspecified atom stereocenters. The Labute approximate surface area is 241 Å². The number of aliphatic carboxylic acids is 1. The molecule has 0 spiro atoms. The van der Waals surface area contributed by atoms with Crippen molar-refractivity contribution in [1.29, 1.82) is 0 Å². The van der Waals surface area contributed by atoms with Crippen molar-refractivity contribution in [3.05, 3.63) is 87.7 Å². The molecule has 43 heavy (non-hydrogen) atoms. The molecule has 4 N–H and O–H groups in total. The third-order valence-electron chi connectivity index (χ3n) is 6.74. The number of carboxylic acids is 1. The van der Waals surface area contributed by atoms with Crippen LogP contribution in [0.2, 0.25) is 0 Å². The van der Waals surface area contributed by atoms with Gasteiger partial charge in [0.05, 0.1) is 23.4 Å². The maximum absolute atomic E-state index is 13.8. The topological polar surface area (TPSA) is 164 Å². The first-order valence-corrected chi connectivity index (χ1v) is 14.4. The number of carboxylic acid groups (broad SMARTS) is 1. The van der Waals surface area contributed by atoms with Crippen molar-refractivity contribution in [1.82, 2.24) is 9.88 Å². The van der Waals surface area contributed by atoms with E-state index >= 15 is 0 Å². The average molecular weight is 618 g/mol. The molecule has 2 heterocycles. The van der Waals surface area contributed by atoms with Gasteiger partial charge in [-0.25, -0.2) is 8.42 Å². The van der Waals surface area contributed by atoms with Crippen LogP contribution in [0.5, 0.6) is 11.5 Å². The maximum atomic E-state index is 13.8. The largest absolute Gasteiger partial charge is 0.506 e. The van der Waals surface area contributed by atoms with Crippen molar-refractivity contribution in [3.63, 3.8) is 0 Å². The standard InChI is InChI=1S/C28H22F3N3O8S/c1-43(40,41)33-17-8-4-14(5-9-17)18-10-11-19-23-25(18)42-13-20(15-2-6-16(7-3-15)28(29,30)31)34(23)27(39)22(24(19)37)26(38)32-12-21(35)36/h2-11,20,33,37H,12-13H2,1H3,(H,32,38)(H,35,36). The number of carbonyl (C=O) groups is 2. The number of hydrogen-bond donors (Lipinski definition) is 4. The zero-order chi connectivity index (χ0) is 31.3. The number of amides is 1. The lowest BCUT2D eigenvalue weighted by atomic mass is 9.96. The monoisotopic (exact) mass is 617 g/mol. The first-order valence-electron chi connectivity index (χ1n) is 12.5. The van der Waals surface area contributed by atoms with Gasteiger partial charge in [0, 0.05) is 16.6 Å². The van der Waals surface area contributed by atoms with E-state index < -0.39 is 63.1 Å². The van der Waals surface area contributed by atoms with Gasteiger partial charge < -0.3 is 20.3 Å². The van der Waals surface area contributed by atoms with Gasteiger partial charge in [-0.15, -0.1) is 0 Å². The summed E-state index contributed by atoms with van der Waals surface area (Å²) in [4.78, 5) is 37.7. The van der Waals surface area contributed by atoms with Gasteiger partial charge in [0.15, 0.2) is 5.75 Å². The van der Waals surface area contributed by atoms with Crippen molar-refractivity contribution in [3.8, 4) is 22.6 Å². The zero-order valence-electron chi connectivity index (χ0n) is 22.1. The van der Waals surface area contributed by atoms with E-state index in [9.17, 15) is 41.1 Å². The van der Waals surface area contributed by atoms with Gasteiger partial charge in [0.25, 0.3) is 11.5 Å². The lowest BCUT2D eigenvalue weighted by Crippen LogP contribution is -2.39. The molecule has 1 atom stereocenters. The second-order valence-corrected chi connectivity index (χ2v) is 11.5. The molecule has 0 saturated carbocycles. The number of sulfonamides is 1. The van der Waals surface area contributed by atoms with E-state index in [0.29, 0.717) is 11.1 Å². The number of nitrogens with one attached hydrogen (secondary N) is 2. The number of benzene rings is 3. The molecule has 0 saturated heterocycles. The highest BCUT2D eigenvalue weighted by Gasteiger charge is 2.34. The predicted octanol–water partition coefficient (Wildman–Crippen LogP) is 3.56. The number of halogens is 3. The Morgan fingerprint density at radius 2 is 1.70 bits per heavy atom. The predicted molar refractivity (Wildman–Crippen MR) is 149 cm³/mol. The van der Waals surface area contributed by atoms with Crippen LogP contribution in [0, 0.1) is 0 Å². The van der Waals surface area contributed by atoms with Crippen LogP contribution in [0.15, 0.2) is 65.5 Å². The summed E-state index contributed by atoms with van der Waals surface area (Å²) in [6.45, 7) is -1.09. The molecule has 4 aromatic rings. The Hall–Kier alpha value is -5.05. The second kappa shape index (κ2) is 10.7. The molecule has 11 nitrogen and oxygen atoms in total. The molecule has 224 valence electrons. The van der Waals surface area contributed by atoms with Gasteiger partial charge in [-0.05, 0) is 47.5 Å². The van der Waals surface area contributed by atoms with Crippen molar-refractivity contribution in [2.45, 2.75) is 12.2 Å². The van der Waals surface area contributed by atoms with Gasteiger partial charge >= 0.3 is 12.1 Å². The highest BCUT2D eigenvalue weighted by atomic mass is 32.2. The summed E-state index contributed by atoms with van der Waals surface area (Å²) < 4.78 is 72.3. The summed E-state index contributed by atoms with van der Waals surface area (Å²) in [5.41, 5.74) is -1.15. The molecule has 1 aliphatic heterocycles. The molecule has 0 fully saturated rings. The van der Waals surface area contributed by atoms with E-state index in [0.717, 1.165) is 23.0 Å². The number of alkyl halides is 3. The maximum Gasteiger partial charge on any atom is 0.416 e. The molecule has 0 aliphatic carbocycles. The lowest BCUT2D eigenvalue weighted by Gasteiger charge is -2.31. The summed E-state index contributed by atoms with van der Waals surface area (Å²) in [6, 6.07) is 12.1. The van der Waals surface area contributed by atoms with E-state index in [1.165, 1.54) is 30.3 Å². The highest BCUT2D eigenvalue weighted by molar-refractivity contribution is 7.92. The number of nitrogens with zero attached hydrogens (tertiary/aromatic N) is 1. The quantitative estimate of drug-likeness (QED) is 0.245. The average Bonchev–Trinajstić information content (AvgIpc) is 2.93. The third-order valence-corrected chi connectivity index (χ3v) is 7.35. The first kappa shape index (κ1) is 29.4. The molecular formula is C28H22F3N3O8S. The Kier molecular flexibility index (Phi) is 7.29. The number of anilines is 1. The summed E-state index contributed by atoms with van der Waals surface area (Å²) in [5.74, 6) is -3.17. The molecule has 5 rings (SSSR count). The molecule has 3 aromatic carbocycles. The number of aromatic hydroxyl groups is 1. The van der Waals surface area contributed by atoms with Crippen LogP contribution >= 0.6 is 0 Å². The van der Waals surface area contributed by atoms with E-state index in [1.54, 1.807) is 18.2 Å². The molecule has 1 aliphatic rings. The van der Waals surface area contributed by atoms with Crippen LogP contribution in [-0.2, 0) is 21.0 Å². The van der Waals surface area contributed by atoms with E-state index in [4.69, 9.17) is 9.84 Å². The zero-order valence-corrected chi connectivity index (χ0v) is 22.9. The van der Waals surface area contributed by atoms with Crippen LogP contribution in [-0.4, -0.2) is 54.5 Å². The molecule has 0 radical (unpaired) electrons. The Bertz CT molecular complexity index is 1940. The molecular weight excluding hydrogens is 595 g/mol. The molecule has 1 aromatic heterocycles. The number of pyridine rings is 1. The fraction of sp³-hybridized carbons (Fsp3) is 0.179. The van der Waals surface area contributed by atoms with Crippen LogP contribution in [0.3, 0.4) is 0 Å². The molecule has 1 amide bonds. The minimum absolute atomic E-state index is 0.00852. The van der Waals surface area contributed by atoms with Gasteiger partial charge in [0.1, 0.15) is 24.5 Å². The van der Waals surface area contributed by atoms with Crippen molar-refractivity contribution in [2.24, 2.45) is 0 Å². The number of carbonyl (C=O) groups excluding carboxylic acids is 1. The normalized spacial score (nSPS) is 14.7. The molecule has 0 bridgehead atoms. The fourth-order valence-corrected chi connectivity index (χ4v) is 5.45. The SMILES string of the molecule is CS(=O)(=O)Nc1ccc(-c2ccc3c(O)c(C(=O)NCC(=O)O)c(=O)n4c3c2OCC4c2ccc(C(F)(F)F)cc2)cc1. The highest BCUT2D eigenvalue weighted by Crippen LogP contribution is 2.44. The number of aromatic nitrogens is 1. The van der Waals surface area contributed by atoms with Crippen molar-refractivity contribution in [2.75, 3.05) is 24.1 Å². The summed E-state index contributed by atoms with van der Waals surface area (Å²) >= 11 is 0. The smallest absolute Gasteiger partial charge is 0.416 e. The van der Waals surface area contributed by atoms with E-state index in [1.807, 2.05) is 5.32 Å². The van der Waals surface area contributed by atoms with Crippen molar-refractivity contribution < 1.29 is 46.1 Å². The number of ether oxygens (including phenoxy) is 1. The second-order valence-electron chi connectivity index (χ2n) is 9.71. The van der Waals surface area contributed by atoms with Crippen LogP contribution < -0.4 is 20.3 Å². The van der Waals surface area contributed by atoms with E-state index in [2.05, 4.69) is 4.72 Å². The Morgan fingerprint density at radius 1 is 1.05 bits per heavy atom. The Balaban J connectivity index is 1.72.